The van der Waals surface area contributed by atoms with Gasteiger partial charge in [0.05, 0.1) is 19.3 Å². The second-order valence-electron chi connectivity index (χ2n) is 9.35. The number of alkyl carbamates (subject to hydrolysis) is 1. The molecule has 2 aliphatic rings. The van der Waals surface area contributed by atoms with E-state index in [1.54, 1.807) is 7.11 Å². The van der Waals surface area contributed by atoms with Crippen molar-refractivity contribution in [1.29, 1.82) is 0 Å². The second-order valence-corrected chi connectivity index (χ2v) is 9.35. The summed E-state index contributed by atoms with van der Waals surface area (Å²) in [6.07, 6.45) is 5.91. The zero-order valence-electron chi connectivity index (χ0n) is 18.4. The van der Waals surface area contributed by atoms with Crippen LogP contribution in [0.3, 0.4) is 0 Å². The maximum Gasteiger partial charge on any atom is 0.407 e. The topological polar surface area (TPSA) is 67.9 Å². The van der Waals surface area contributed by atoms with Gasteiger partial charge in [0, 0.05) is 13.7 Å². The van der Waals surface area contributed by atoms with Crippen LogP contribution in [0.2, 0.25) is 0 Å². The second kappa shape index (κ2) is 11.0. The Morgan fingerprint density at radius 1 is 1.07 bits per heavy atom. The van der Waals surface area contributed by atoms with E-state index >= 15 is 0 Å². The van der Waals surface area contributed by atoms with E-state index in [0.29, 0.717) is 25.0 Å². The van der Waals surface area contributed by atoms with Gasteiger partial charge in [-0.3, -0.25) is 4.79 Å². The molecule has 0 spiro atoms. The number of ether oxygens (including phenoxy) is 2. The number of rotatable bonds is 8. The van der Waals surface area contributed by atoms with Crippen molar-refractivity contribution in [3.8, 4) is 0 Å². The third kappa shape index (κ3) is 6.36. The Labute approximate surface area is 170 Å². The van der Waals surface area contributed by atoms with Crippen molar-refractivity contribution in [1.82, 2.24) is 10.2 Å². The van der Waals surface area contributed by atoms with E-state index in [1.807, 2.05) is 18.7 Å². The summed E-state index contributed by atoms with van der Waals surface area (Å²) in [5.74, 6) is 1.50. The molecule has 0 radical (unpaired) electrons. The van der Waals surface area contributed by atoms with E-state index < -0.39 is 12.1 Å². The van der Waals surface area contributed by atoms with Gasteiger partial charge in [0.15, 0.2) is 0 Å². The van der Waals surface area contributed by atoms with Gasteiger partial charge in [-0.2, -0.15) is 0 Å². The fourth-order valence-electron chi connectivity index (χ4n) is 4.49. The Balaban J connectivity index is 2.13. The molecule has 0 aromatic heterocycles. The van der Waals surface area contributed by atoms with Gasteiger partial charge in [0.25, 0.3) is 0 Å². The Kier molecular flexibility index (Phi) is 9.06. The van der Waals surface area contributed by atoms with Gasteiger partial charge in [0.2, 0.25) is 5.91 Å². The van der Waals surface area contributed by atoms with E-state index in [0.717, 1.165) is 38.6 Å². The summed E-state index contributed by atoms with van der Waals surface area (Å²) in [7, 11) is 1.69. The lowest BCUT2D eigenvalue weighted by Crippen LogP contribution is -2.54. The highest BCUT2D eigenvalue weighted by Gasteiger charge is 2.41. The highest BCUT2D eigenvalue weighted by molar-refractivity contribution is 5.86. The van der Waals surface area contributed by atoms with Crippen molar-refractivity contribution < 1.29 is 19.1 Å². The SMILES string of the molecule is COC[C@@H]1C[C@@H](C(C)C)CN1C(=O)C(NC(=O)OCC(C)C)C1CCCCC1. The molecule has 6 nitrogen and oxygen atoms in total. The number of carbonyl (C=O) groups is 2. The van der Waals surface area contributed by atoms with Crippen LogP contribution in [0.15, 0.2) is 0 Å². The first-order valence-corrected chi connectivity index (χ1v) is 11.1. The lowest BCUT2D eigenvalue weighted by molar-refractivity contribution is -0.137. The molecule has 1 saturated heterocycles. The summed E-state index contributed by atoms with van der Waals surface area (Å²) in [5.41, 5.74) is 0. The predicted octanol–water partition coefficient (Wildman–Crippen LogP) is 3.84. The highest BCUT2D eigenvalue weighted by atomic mass is 16.5. The van der Waals surface area contributed by atoms with Gasteiger partial charge in [-0.05, 0) is 42.9 Å². The van der Waals surface area contributed by atoms with Gasteiger partial charge in [-0.1, -0.05) is 47.0 Å². The number of amides is 2. The largest absolute Gasteiger partial charge is 0.449 e. The Morgan fingerprint density at radius 3 is 2.32 bits per heavy atom. The Bertz CT molecular complexity index is 503. The average molecular weight is 397 g/mol. The third-order valence-corrected chi connectivity index (χ3v) is 6.24. The van der Waals surface area contributed by atoms with Gasteiger partial charge in [-0.25, -0.2) is 4.79 Å². The molecule has 0 bridgehead atoms. The third-order valence-electron chi connectivity index (χ3n) is 6.24. The first kappa shape index (κ1) is 23.0. The molecule has 1 saturated carbocycles. The van der Waals surface area contributed by atoms with Crippen molar-refractivity contribution in [3.63, 3.8) is 0 Å². The summed E-state index contributed by atoms with van der Waals surface area (Å²) >= 11 is 0. The minimum Gasteiger partial charge on any atom is -0.449 e. The molecule has 1 unspecified atom stereocenters. The molecule has 3 atom stereocenters. The van der Waals surface area contributed by atoms with Gasteiger partial charge in [-0.15, -0.1) is 0 Å². The quantitative estimate of drug-likeness (QED) is 0.677. The minimum atomic E-state index is -0.495. The number of likely N-dealkylation sites (tertiary alicyclic amines) is 1. The number of carbonyl (C=O) groups excluding carboxylic acids is 2. The average Bonchev–Trinajstić information content (AvgIpc) is 3.09. The maximum absolute atomic E-state index is 13.6. The first-order valence-electron chi connectivity index (χ1n) is 11.1. The number of hydrogen-bond acceptors (Lipinski definition) is 4. The molecule has 1 heterocycles. The van der Waals surface area contributed by atoms with Crippen LogP contribution in [0.4, 0.5) is 4.79 Å². The molecule has 2 fully saturated rings. The predicted molar refractivity (Wildman–Crippen MR) is 110 cm³/mol. The van der Waals surface area contributed by atoms with Crippen molar-refractivity contribution in [3.05, 3.63) is 0 Å². The molecule has 28 heavy (non-hydrogen) atoms. The zero-order valence-corrected chi connectivity index (χ0v) is 18.4. The van der Waals surface area contributed by atoms with Crippen LogP contribution in [0.25, 0.3) is 0 Å². The molecule has 2 rings (SSSR count). The number of nitrogens with zero attached hydrogens (tertiary/aromatic N) is 1. The standard InChI is InChI=1S/C22H40N2O4/c1-15(2)13-28-22(26)23-20(17-9-7-6-8-10-17)21(25)24-12-18(16(3)4)11-19(24)14-27-5/h15-20H,6-14H2,1-5H3,(H,23,26)/t18-,19+,20?/m1/s1. The van der Waals surface area contributed by atoms with E-state index in [4.69, 9.17) is 9.47 Å². The molecular weight excluding hydrogens is 356 g/mol. The van der Waals surface area contributed by atoms with Crippen LogP contribution in [-0.4, -0.2) is 55.9 Å². The lowest BCUT2D eigenvalue weighted by atomic mass is 9.83. The van der Waals surface area contributed by atoms with Crippen LogP contribution < -0.4 is 5.32 Å². The fourth-order valence-corrected chi connectivity index (χ4v) is 4.49. The van der Waals surface area contributed by atoms with Crippen LogP contribution in [0.1, 0.15) is 66.2 Å². The van der Waals surface area contributed by atoms with Crippen LogP contribution in [0, 0.1) is 23.7 Å². The zero-order chi connectivity index (χ0) is 20.7. The normalized spacial score (nSPS) is 24.6. The Morgan fingerprint density at radius 2 is 1.75 bits per heavy atom. The smallest absolute Gasteiger partial charge is 0.407 e. The van der Waals surface area contributed by atoms with Gasteiger partial charge in [0.1, 0.15) is 6.04 Å². The summed E-state index contributed by atoms with van der Waals surface area (Å²) in [6, 6.07) is -0.408. The summed E-state index contributed by atoms with van der Waals surface area (Å²) in [6.45, 7) is 10.1. The minimum absolute atomic E-state index is 0.0404. The molecule has 2 amide bonds. The van der Waals surface area contributed by atoms with Crippen LogP contribution in [0.5, 0.6) is 0 Å². The van der Waals surface area contributed by atoms with Crippen molar-refractivity contribution in [2.24, 2.45) is 23.7 Å². The molecular formula is C22H40N2O4. The van der Waals surface area contributed by atoms with E-state index in [1.165, 1.54) is 6.42 Å². The lowest BCUT2D eigenvalue weighted by Gasteiger charge is -2.34. The maximum atomic E-state index is 13.6. The van der Waals surface area contributed by atoms with Gasteiger partial charge < -0.3 is 19.7 Å². The molecule has 0 aromatic rings. The van der Waals surface area contributed by atoms with Crippen molar-refractivity contribution in [2.75, 3.05) is 26.9 Å². The van der Waals surface area contributed by atoms with Crippen LogP contribution >= 0.6 is 0 Å². The fraction of sp³-hybridized carbons (Fsp3) is 0.909. The van der Waals surface area contributed by atoms with Gasteiger partial charge >= 0.3 is 6.09 Å². The Hall–Kier alpha value is -1.30. The molecule has 1 N–H and O–H groups in total. The van der Waals surface area contributed by atoms with E-state index in [9.17, 15) is 9.59 Å². The monoisotopic (exact) mass is 396 g/mol. The molecule has 162 valence electrons. The highest BCUT2D eigenvalue weighted by Crippen LogP contribution is 2.33. The molecule has 1 aliphatic heterocycles. The molecule has 0 aromatic carbocycles. The number of hydrogen-bond donors (Lipinski definition) is 1. The summed E-state index contributed by atoms with van der Waals surface area (Å²) < 4.78 is 10.7. The van der Waals surface area contributed by atoms with Crippen molar-refractivity contribution >= 4 is 12.0 Å². The van der Waals surface area contributed by atoms with Crippen molar-refractivity contribution in [2.45, 2.75) is 78.3 Å². The van der Waals surface area contributed by atoms with E-state index in [2.05, 4.69) is 19.2 Å². The van der Waals surface area contributed by atoms with Crippen LogP contribution in [-0.2, 0) is 14.3 Å². The molecule has 1 aliphatic carbocycles. The number of nitrogens with one attached hydrogen (secondary N) is 1. The van der Waals surface area contributed by atoms with E-state index in [-0.39, 0.29) is 23.8 Å². The summed E-state index contributed by atoms with van der Waals surface area (Å²) in [4.78, 5) is 27.9. The first-order chi connectivity index (χ1) is 13.3. The summed E-state index contributed by atoms with van der Waals surface area (Å²) in [5, 5.41) is 2.93. The molecule has 6 heteroatoms. The number of methoxy groups -OCH3 is 1.